The van der Waals surface area contributed by atoms with E-state index in [0.717, 1.165) is 5.75 Å². The van der Waals surface area contributed by atoms with Crippen LogP contribution in [0.2, 0.25) is 0 Å². The van der Waals surface area contributed by atoms with Crippen LogP contribution in [0, 0.1) is 6.92 Å². The zero-order valence-electron chi connectivity index (χ0n) is 16.1. The largest absolute Gasteiger partial charge is 0.494 e. The molecule has 1 aromatic carbocycles. The number of likely N-dealkylation sites (tertiary alicyclic amines) is 1. The van der Waals surface area contributed by atoms with E-state index in [9.17, 15) is 9.59 Å². The van der Waals surface area contributed by atoms with Gasteiger partial charge in [0.1, 0.15) is 17.3 Å². The minimum atomic E-state index is -0.250. The first-order valence-electron chi connectivity index (χ1n) is 9.42. The highest BCUT2D eigenvalue weighted by Crippen LogP contribution is 2.18. The van der Waals surface area contributed by atoms with Gasteiger partial charge in [0.25, 0.3) is 11.8 Å². The molecule has 0 atom stereocenters. The van der Waals surface area contributed by atoms with E-state index in [-0.39, 0.29) is 30.2 Å². The molecule has 0 unspecified atom stereocenters. The monoisotopic (exact) mass is 387 g/mol. The van der Waals surface area contributed by atoms with E-state index in [1.807, 2.05) is 19.1 Å². The molecule has 1 saturated heterocycles. The van der Waals surface area contributed by atoms with Crippen LogP contribution in [0.1, 0.15) is 36.0 Å². The molecule has 0 aliphatic carbocycles. The Bertz CT molecular complexity index is 794. The van der Waals surface area contributed by atoms with Crippen LogP contribution in [-0.2, 0) is 4.79 Å². The van der Waals surface area contributed by atoms with E-state index in [0.29, 0.717) is 44.0 Å². The molecule has 0 spiro atoms. The Hall–Kier alpha value is -3.03. The van der Waals surface area contributed by atoms with Crippen molar-refractivity contribution < 1.29 is 23.6 Å². The fourth-order valence-electron chi connectivity index (χ4n) is 3.04. The summed E-state index contributed by atoms with van der Waals surface area (Å²) in [5.41, 5.74) is 0.278. The summed E-state index contributed by atoms with van der Waals surface area (Å²) in [6, 6.07) is 8.81. The first kappa shape index (κ1) is 19.7. The summed E-state index contributed by atoms with van der Waals surface area (Å²) >= 11 is 0. The Morgan fingerprint density at radius 1 is 1.18 bits per heavy atom. The summed E-state index contributed by atoms with van der Waals surface area (Å²) < 4.78 is 15.9. The molecular formula is C20H25N3O5. The zero-order valence-corrected chi connectivity index (χ0v) is 16.1. The normalized spacial score (nSPS) is 14.6. The Morgan fingerprint density at radius 3 is 2.39 bits per heavy atom. The topological polar surface area (TPSA) is 93.9 Å². The van der Waals surface area contributed by atoms with E-state index < -0.39 is 0 Å². The maximum atomic E-state index is 12.4. The molecule has 0 saturated carbocycles. The van der Waals surface area contributed by atoms with E-state index >= 15 is 0 Å². The minimum Gasteiger partial charge on any atom is -0.494 e. The number of carbonyl (C=O) groups is 2. The summed E-state index contributed by atoms with van der Waals surface area (Å²) in [6.45, 7) is 5.41. The van der Waals surface area contributed by atoms with E-state index in [1.54, 1.807) is 30.0 Å². The lowest BCUT2D eigenvalue weighted by Crippen LogP contribution is -2.47. The molecule has 0 radical (unpaired) electrons. The van der Waals surface area contributed by atoms with Crippen molar-refractivity contribution in [2.24, 2.45) is 0 Å². The molecule has 8 heteroatoms. The number of aryl methyl sites for hydroxylation is 1. The molecule has 2 amide bonds. The SMILES string of the molecule is CCOc1ccc(OCC(=O)N2CCC(NC(=O)c3cc(C)on3)CC2)cc1. The molecule has 3 rings (SSSR count). The van der Waals surface area contributed by atoms with Gasteiger partial charge in [0.15, 0.2) is 12.3 Å². The van der Waals surface area contributed by atoms with Crippen molar-refractivity contribution in [3.8, 4) is 11.5 Å². The molecule has 1 fully saturated rings. The average molecular weight is 387 g/mol. The molecule has 1 aliphatic rings. The van der Waals surface area contributed by atoms with Gasteiger partial charge in [0, 0.05) is 25.2 Å². The Labute approximate surface area is 163 Å². The molecule has 2 aromatic rings. The molecular weight excluding hydrogens is 362 g/mol. The quantitative estimate of drug-likeness (QED) is 0.783. The Balaban J connectivity index is 1.40. The highest BCUT2D eigenvalue weighted by molar-refractivity contribution is 5.92. The van der Waals surface area contributed by atoms with Gasteiger partial charge in [0.2, 0.25) is 0 Å². The number of piperidine rings is 1. The van der Waals surface area contributed by atoms with Crippen LogP contribution in [0.4, 0.5) is 0 Å². The van der Waals surface area contributed by atoms with Crippen molar-refractivity contribution in [2.45, 2.75) is 32.7 Å². The second-order valence-electron chi connectivity index (χ2n) is 6.64. The van der Waals surface area contributed by atoms with Gasteiger partial charge in [-0.15, -0.1) is 0 Å². The van der Waals surface area contributed by atoms with Crippen molar-refractivity contribution in [1.29, 1.82) is 0 Å². The third-order valence-electron chi connectivity index (χ3n) is 4.54. The number of nitrogens with one attached hydrogen (secondary N) is 1. The molecule has 1 aromatic heterocycles. The van der Waals surface area contributed by atoms with Crippen LogP contribution < -0.4 is 14.8 Å². The number of hydrogen-bond acceptors (Lipinski definition) is 6. The van der Waals surface area contributed by atoms with Gasteiger partial charge in [-0.1, -0.05) is 5.16 Å². The predicted octanol–water partition coefficient (Wildman–Crippen LogP) is 2.18. The van der Waals surface area contributed by atoms with Crippen molar-refractivity contribution in [2.75, 3.05) is 26.3 Å². The van der Waals surface area contributed by atoms with Gasteiger partial charge in [0.05, 0.1) is 6.61 Å². The van der Waals surface area contributed by atoms with Crippen molar-refractivity contribution >= 4 is 11.8 Å². The average Bonchev–Trinajstić information content (AvgIpc) is 3.14. The van der Waals surface area contributed by atoms with Crippen molar-refractivity contribution in [3.63, 3.8) is 0 Å². The highest BCUT2D eigenvalue weighted by Gasteiger charge is 2.25. The molecule has 150 valence electrons. The third kappa shape index (κ3) is 5.25. The molecule has 8 nitrogen and oxygen atoms in total. The van der Waals surface area contributed by atoms with Gasteiger partial charge < -0.3 is 24.2 Å². The number of amides is 2. The number of benzene rings is 1. The number of hydrogen-bond donors (Lipinski definition) is 1. The van der Waals surface area contributed by atoms with Crippen LogP contribution in [0.3, 0.4) is 0 Å². The maximum absolute atomic E-state index is 12.4. The molecule has 2 heterocycles. The Morgan fingerprint density at radius 2 is 1.82 bits per heavy atom. The van der Waals surface area contributed by atoms with Crippen molar-refractivity contribution in [3.05, 3.63) is 41.8 Å². The van der Waals surface area contributed by atoms with Crippen LogP contribution in [0.25, 0.3) is 0 Å². The van der Waals surface area contributed by atoms with E-state index in [1.165, 1.54) is 0 Å². The standard InChI is InChI=1S/C20H25N3O5/c1-3-26-16-4-6-17(7-5-16)27-13-19(24)23-10-8-15(9-11-23)21-20(25)18-12-14(2)28-22-18/h4-7,12,15H,3,8-11,13H2,1-2H3,(H,21,25). The predicted molar refractivity (Wildman–Crippen MR) is 101 cm³/mol. The smallest absolute Gasteiger partial charge is 0.273 e. The fraction of sp³-hybridized carbons (Fsp3) is 0.450. The van der Waals surface area contributed by atoms with Crippen LogP contribution >= 0.6 is 0 Å². The van der Waals surface area contributed by atoms with Crippen LogP contribution in [0.5, 0.6) is 11.5 Å². The van der Waals surface area contributed by atoms with E-state index in [4.69, 9.17) is 14.0 Å². The third-order valence-corrected chi connectivity index (χ3v) is 4.54. The lowest BCUT2D eigenvalue weighted by atomic mass is 10.0. The summed E-state index contributed by atoms with van der Waals surface area (Å²) in [6.07, 6.45) is 1.38. The van der Waals surface area contributed by atoms with Crippen LogP contribution in [-0.4, -0.2) is 54.2 Å². The Kier molecular flexibility index (Phi) is 6.52. The summed E-state index contributed by atoms with van der Waals surface area (Å²) in [7, 11) is 0. The summed E-state index contributed by atoms with van der Waals surface area (Å²) in [4.78, 5) is 26.2. The maximum Gasteiger partial charge on any atom is 0.273 e. The fourth-order valence-corrected chi connectivity index (χ4v) is 3.04. The number of rotatable bonds is 7. The summed E-state index contributed by atoms with van der Waals surface area (Å²) in [5.74, 6) is 1.68. The van der Waals surface area contributed by atoms with Gasteiger partial charge in [-0.05, 0) is 51.0 Å². The van der Waals surface area contributed by atoms with Crippen molar-refractivity contribution in [1.82, 2.24) is 15.4 Å². The van der Waals surface area contributed by atoms with Gasteiger partial charge in [-0.2, -0.15) is 0 Å². The minimum absolute atomic E-state index is 0.0107. The number of nitrogens with zero attached hydrogens (tertiary/aromatic N) is 2. The second-order valence-corrected chi connectivity index (χ2v) is 6.64. The lowest BCUT2D eigenvalue weighted by molar-refractivity contribution is -0.134. The first-order chi connectivity index (χ1) is 13.5. The summed E-state index contributed by atoms with van der Waals surface area (Å²) in [5, 5.41) is 6.66. The number of carbonyl (C=O) groups excluding carboxylic acids is 2. The van der Waals surface area contributed by atoms with Gasteiger partial charge in [-0.3, -0.25) is 9.59 Å². The number of aromatic nitrogens is 1. The second kappa shape index (κ2) is 9.25. The lowest BCUT2D eigenvalue weighted by Gasteiger charge is -2.32. The molecule has 1 aliphatic heterocycles. The highest BCUT2D eigenvalue weighted by atomic mass is 16.5. The molecule has 0 bridgehead atoms. The number of ether oxygens (including phenoxy) is 2. The first-order valence-corrected chi connectivity index (χ1v) is 9.42. The molecule has 1 N–H and O–H groups in total. The zero-order chi connectivity index (χ0) is 19.9. The molecule has 28 heavy (non-hydrogen) atoms. The van der Waals surface area contributed by atoms with Gasteiger partial charge in [-0.25, -0.2) is 0 Å². The van der Waals surface area contributed by atoms with E-state index in [2.05, 4.69) is 10.5 Å². The van der Waals surface area contributed by atoms with Gasteiger partial charge >= 0.3 is 0 Å². The van der Waals surface area contributed by atoms with Crippen LogP contribution in [0.15, 0.2) is 34.9 Å².